The minimum Gasteiger partial charge on any atom is -0.350 e. The molecule has 0 heterocycles. The third-order valence-corrected chi connectivity index (χ3v) is 3.07. The normalized spacial score (nSPS) is 11.6. The first-order chi connectivity index (χ1) is 8.43. The molecule has 0 radical (unpaired) electrons. The Balaban J connectivity index is 2.41. The molecule has 1 N–H and O–H groups in total. The van der Waals surface area contributed by atoms with Crippen LogP contribution < -0.4 is 5.32 Å². The van der Waals surface area contributed by atoms with E-state index in [0.717, 1.165) is 13.0 Å². The van der Waals surface area contributed by atoms with Crippen molar-refractivity contribution < 1.29 is 4.79 Å². The molecule has 3 heteroatoms. The van der Waals surface area contributed by atoms with Gasteiger partial charge >= 0.3 is 0 Å². The van der Waals surface area contributed by atoms with Gasteiger partial charge in [0.25, 0.3) is 0 Å². The Kier molecular flexibility index (Phi) is 5.35. The Morgan fingerprint density at radius 1 is 1.28 bits per heavy atom. The first kappa shape index (κ1) is 14.7. The van der Waals surface area contributed by atoms with E-state index in [0.29, 0.717) is 6.54 Å². The minimum absolute atomic E-state index is 0.0836. The second-order valence-electron chi connectivity index (χ2n) is 5.44. The molecule has 0 saturated carbocycles. The summed E-state index contributed by atoms with van der Waals surface area (Å²) in [5.74, 6) is 0.0836. The van der Waals surface area contributed by atoms with Crippen LogP contribution in [0, 0.1) is 0 Å². The first-order valence-electron chi connectivity index (χ1n) is 6.46. The summed E-state index contributed by atoms with van der Waals surface area (Å²) in [6.07, 6.45) is 0.932. The summed E-state index contributed by atoms with van der Waals surface area (Å²) < 4.78 is 0. The monoisotopic (exact) mass is 248 g/mol. The fraction of sp³-hybridized carbons (Fsp3) is 0.533. The summed E-state index contributed by atoms with van der Waals surface area (Å²) >= 11 is 0. The van der Waals surface area contributed by atoms with Gasteiger partial charge in [0, 0.05) is 12.1 Å². The maximum absolute atomic E-state index is 11.9. The highest BCUT2D eigenvalue weighted by Crippen LogP contribution is 2.07. The molecule has 0 bridgehead atoms. The Morgan fingerprint density at radius 3 is 2.44 bits per heavy atom. The highest BCUT2D eigenvalue weighted by molar-refractivity contribution is 5.78. The molecule has 0 saturated heterocycles. The van der Waals surface area contributed by atoms with Crippen molar-refractivity contribution in [3.63, 3.8) is 0 Å². The summed E-state index contributed by atoms with van der Waals surface area (Å²) in [5, 5.41) is 3.04. The Morgan fingerprint density at radius 2 is 1.89 bits per heavy atom. The average molecular weight is 248 g/mol. The van der Waals surface area contributed by atoms with E-state index in [1.54, 1.807) is 0 Å². The van der Waals surface area contributed by atoms with E-state index >= 15 is 0 Å². The fourth-order valence-electron chi connectivity index (χ4n) is 1.70. The number of hydrogen-bond donors (Lipinski definition) is 1. The van der Waals surface area contributed by atoms with Crippen molar-refractivity contribution in [3.05, 3.63) is 35.9 Å². The van der Waals surface area contributed by atoms with Crippen molar-refractivity contribution in [1.82, 2.24) is 10.2 Å². The zero-order valence-electron chi connectivity index (χ0n) is 11.9. The zero-order valence-corrected chi connectivity index (χ0v) is 11.9. The van der Waals surface area contributed by atoms with Crippen LogP contribution in [0.25, 0.3) is 0 Å². The maximum atomic E-state index is 11.9. The van der Waals surface area contributed by atoms with Gasteiger partial charge in [-0.05, 0) is 32.9 Å². The molecule has 0 aliphatic carbocycles. The Hall–Kier alpha value is -1.35. The maximum Gasteiger partial charge on any atom is 0.234 e. The molecule has 1 amide bonds. The quantitative estimate of drug-likeness (QED) is 0.838. The molecule has 0 aliphatic heterocycles. The zero-order chi connectivity index (χ0) is 13.6. The van der Waals surface area contributed by atoms with Crippen LogP contribution in [-0.2, 0) is 11.3 Å². The van der Waals surface area contributed by atoms with Gasteiger partial charge in [-0.15, -0.1) is 0 Å². The van der Waals surface area contributed by atoms with Gasteiger partial charge in [-0.2, -0.15) is 0 Å². The van der Waals surface area contributed by atoms with Crippen LogP contribution in [-0.4, -0.2) is 29.9 Å². The second-order valence-corrected chi connectivity index (χ2v) is 5.44. The fourth-order valence-corrected chi connectivity index (χ4v) is 1.70. The Bertz CT molecular complexity index is 373. The third kappa shape index (κ3) is 5.32. The predicted octanol–water partition coefficient (Wildman–Crippen LogP) is 2.42. The van der Waals surface area contributed by atoms with E-state index in [9.17, 15) is 4.79 Å². The molecule has 1 rings (SSSR count). The molecule has 0 aliphatic rings. The van der Waals surface area contributed by atoms with Crippen molar-refractivity contribution in [1.29, 1.82) is 0 Å². The van der Waals surface area contributed by atoms with Crippen LogP contribution in [0.1, 0.15) is 32.8 Å². The molecule has 0 atom stereocenters. The van der Waals surface area contributed by atoms with Gasteiger partial charge in [0.05, 0.1) is 6.54 Å². The molecule has 0 aromatic heterocycles. The third-order valence-electron chi connectivity index (χ3n) is 3.07. The lowest BCUT2D eigenvalue weighted by Crippen LogP contribution is -2.46. The lowest BCUT2D eigenvalue weighted by molar-refractivity contribution is -0.123. The molecule has 0 unspecified atom stereocenters. The van der Waals surface area contributed by atoms with Crippen molar-refractivity contribution in [2.24, 2.45) is 0 Å². The van der Waals surface area contributed by atoms with Gasteiger partial charge < -0.3 is 5.32 Å². The minimum atomic E-state index is -0.120. The van der Waals surface area contributed by atoms with Gasteiger partial charge in [-0.1, -0.05) is 37.3 Å². The van der Waals surface area contributed by atoms with E-state index in [4.69, 9.17) is 0 Å². The summed E-state index contributed by atoms with van der Waals surface area (Å²) in [6, 6.07) is 10.2. The van der Waals surface area contributed by atoms with Crippen molar-refractivity contribution in [2.45, 2.75) is 39.3 Å². The van der Waals surface area contributed by atoms with Gasteiger partial charge in [0.2, 0.25) is 5.91 Å². The Labute approximate surface area is 110 Å². The SMILES string of the molecule is CCC(C)(C)NC(=O)CN(C)Cc1ccccc1. The van der Waals surface area contributed by atoms with Crippen LogP contribution in [0.2, 0.25) is 0 Å². The molecule has 3 nitrogen and oxygen atoms in total. The molecule has 1 aromatic rings. The largest absolute Gasteiger partial charge is 0.350 e. The molecule has 18 heavy (non-hydrogen) atoms. The van der Waals surface area contributed by atoms with Gasteiger partial charge in [-0.3, -0.25) is 9.69 Å². The van der Waals surface area contributed by atoms with Crippen LogP contribution >= 0.6 is 0 Å². The van der Waals surface area contributed by atoms with E-state index in [2.05, 4.69) is 24.4 Å². The molecular weight excluding hydrogens is 224 g/mol. The number of carbonyl (C=O) groups excluding carboxylic acids is 1. The average Bonchev–Trinajstić information content (AvgIpc) is 2.29. The summed E-state index contributed by atoms with van der Waals surface area (Å²) in [6.45, 7) is 7.39. The van der Waals surface area contributed by atoms with Crippen molar-refractivity contribution >= 4 is 5.91 Å². The van der Waals surface area contributed by atoms with E-state index < -0.39 is 0 Å². The van der Waals surface area contributed by atoms with Crippen molar-refractivity contribution in [2.75, 3.05) is 13.6 Å². The predicted molar refractivity (Wildman–Crippen MR) is 75.3 cm³/mol. The number of carbonyl (C=O) groups is 1. The van der Waals surface area contributed by atoms with E-state index in [1.165, 1.54) is 5.56 Å². The van der Waals surface area contributed by atoms with Gasteiger partial charge in [0.15, 0.2) is 0 Å². The second kappa shape index (κ2) is 6.55. The molecular formula is C15H24N2O. The number of rotatable bonds is 6. The summed E-state index contributed by atoms with van der Waals surface area (Å²) in [7, 11) is 1.96. The smallest absolute Gasteiger partial charge is 0.234 e. The standard InChI is InChI=1S/C15H24N2O/c1-5-15(2,3)16-14(18)12-17(4)11-13-9-7-6-8-10-13/h6-10H,5,11-12H2,1-4H3,(H,16,18). The van der Waals surface area contributed by atoms with Crippen LogP contribution in [0.5, 0.6) is 0 Å². The van der Waals surface area contributed by atoms with Crippen LogP contribution in [0.4, 0.5) is 0 Å². The number of likely N-dealkylation sites (N-methyl/N-ethyl adjacent to an activating group) is 1. The number of nitrogens with zero attached hydrogens (tertiary/aromatic N) is 1. The number of hydrogen-bond acceptors (Lipinski definition) is 2. The lowest BCUT2D eigenvalue weighted by Gasteiger charge is -2.26. The van der Waals surface area contributed by atoms with Crippen molar-refractivity contribution in [3.8, 4) is 0 Å². The highest BCUT2D eigenvalue weighted by Gasteiger charge is 2.18. The number of amides is 1. The first-order valence-corrected chi connectivity index (χ1v) is 6.46. The van der Waals surface area contributed by atoms with Gasteiger partial charge in [0.1, 0.15) is 0 Å². The molecule has 0 fully saturated rings. The highest BCUT2D eigenvalue weighted by atomic mass is 16.2. The molecule has 100 valence electrons. The van der Waals surface area contributed by atoms with Crippen LogP contribution in [0.3, 0.4) is 0 Å². The molecule has 1 aromatic carbocycles. The topological polar surface area (TPSA) is 32.3 Å². The summed E-state index contributed by atoms with van der Waals surface area (Å²) in [4.78, 5) is 13.9. The van der Waals surface area contributed by atoms with Crippen LogP contribution in [0.15, 0.2) is 30.3 Å². The van der Waals surface area contributed by atoms with E-state index in [-0.39, 0.29) is 11.4 Å². The summed E-state index contributed by atoms with van der Waals surface area (Å²) in [5.41, 5.74) is 1.10. The van der Waals surface area contributed by atoms with E-state index in [1.807, 2.05) is 44.0 Å². The van der Waals surface area contributed by atoms with Gasteiger partial charge in [-0.25, -0.2) is 0 Å². The molecule has 0 spiro atoms. The number of nitrogens with one attached hydrogen (secondary N) is 1. The lowest BCUT2D eigenvalue weighted by atomic mass is 10.0. The number of benzene rings is 1.